The molecule has 0 unspecified atom stereocenters. The highest BCUT2D eigenvalue weighted by Gasteiger charge is 2.23. The largest absolute Gasteiger partial charge is 0.497 e. The Morgan fingerprint density at radius 3 is 2.61 bits per heavy atom. The normalized spacial score (nSPS) is 11.4. The molecule has 0 N–H and O–H groups in total. The van der Waals surface area contributed by atoms with Gasteiger partial charge in [-0.05, 0) is 43.3 Å². The van der Waals surface area contributed by atoms with Crippen LogP contribution in [0.25, 0.3) is 11.5 Å². The van der Waals surface area contributed by atoms with Crippen LogP contribution < -0.4 is 9.47 Å². The number of carbonyl (C=O) groups is 1. The smallest absolute Gasteiger partial charge is 0.226 e. The van der Waals surface area contributed by atoms with Gasteiger partial charge in [-0.1, -0.05) is 17.7 Å². The van der Waals surface area contributed by atoms with E-state index in [1.54, 1.807) is 56.5 Å². The molecule has 3 aromatic rings. The highest BCUT2D eigenvalue weighted by atomic mass is 35.5. The summed E-state index contributed by atoms with van der Waals surface area (Å²) in [6.45, 7) is 1.64. The SMILES string of the molecule is COc1cccc(-c2nc(CS(=O)(=O)CC(=O)Cc3cc(Cl)ccc3OC)c(C)o2)c1. The molecule has 0 saturated carbocycles. The second-order valence-corrected chi connectivity index (χ2v) is 9.46. The van der Waals surface area contributed by atoms with E-state index in [1.807, 2.05) is 0 Å². The molecule has 2 aromatic carbocycles. The summed E-state index contributed by atoms with van der Waals surface area (Å²) in [4.78, 5) is 16.8. The van der Waals surface area contributed by atoms with Crippen molar-refractivity contribution in [3.63, 3.8) is 0 Å². The van der Waals surface area contributed by atoms with Gasteiger partial charge in [0.2, 0.25) is 5.89 Å². The summed E-state index contributed by atoms with van der Waals surface area (Å²) >= 11 is 5.98. The van der Waals surface area contributed by atoms with Crippen LogP contribution in [0, 0.1) is 6.92 Å². The van der Waals surface area contributed by atoms with Crippen LogP contribution >= 0.6 is 11.6 Å². The van der Waals surface area contributed by atoms with Crippen LogP contribution in [0.15, 0.2) is 46.9 Å². The second kappa shape index (κ2) is 9.53. The number of ether oxygens (including phenoxy) is 2. The minimum Gasteiger partial charge on any atom is -0.497 e. The first kappa shape index (κ1) is 22.8. The lowest BCUT2D eigenvalue weighted by atomic mass is 10.1. The number of nitrogens with zero attached hydrogens (tertiary/aromatic N) is 1. The molecule has 0 radical (unpaired) electrons. The summed E-state index contributed by atoms with van der Waals surface area (Å²) in [6.07, 6.45) is -0.101. The Hall–Kier alpha value is -2.84. The minimum atomic E-state index is -3.76. The van der Waals surface area contributed by atoms with Gasteiger partial charge in [0, 0.05) is 22.6 Å². The molecular formula is C22H22ClNO6S. The quantitative estimate of drug-likeness (QED) is 0.472. The summed E-state index contributed by atoms with van der Waals surface area (Å²) in [6, 6.07) is 12.0. The van der Waals surface area contributed by atoms with Crippen molar-refractivity contribution in [2.75, 3.05) is 20.0 Å². The maximum Gasteiger partial charge on any atom is 0.226 e. The van der Waals surface area contributed by atoms with Crippen molar-refractivity contribution in [1.82, 2.24) is 4.98 Å². The highest BCUT2D eigenvalue weighted by molar-refractivity contribution is 7.91. The van der Waals surface area contributed by atoms with Gasteiger partial charge in [-0.25, -0.2) is 13.4 Å². The fourth-order valence-electron chi connectivity index (χ4n) is 3.09. The number of aromatic nitrogens is 1. The van der Waals surface area contributed by atoms with E-state index in [-0.39, 0.29) is 18.0 Å². The van der Waals surface area contributed by atoms with E-state index in [2.05, 4.69) is 4.98 Å². The van der Waals surface area contributed by atoms with E-state index in [1.165, 1.54) is 7.11 Å². The topological polar surface area (TPSA) is 95.7 Å². The van der Waals surface area contributed by atoms with Crippen LogP contribution in [-0.4, -0.2) is 39.2 Å². The number of rotatable bonds is 9. The lowest BCUT2D eigenvalue weighted by molar-refractivity contribution is -0.116. The summed E-state index contributed by atoms with van der Waals surface area (Å²) < 4.78 is 41.3. The van der Waals surface area contributed by atoms with Crippen molar-refractivity contribution in [3.05, 3.63) is 64.5 Å². The van der Waals surface area contributed by atoms with E-state index >= 15 is 0 Å². The molecule has 0 fully saturated rings. The molecule has 3 rings (SSSR count). The van der Waals surface area contributed by atoms with E-state index in [4.69, 9.17) is 25.5 Å². The number of methoxy groups -OCH3 is 2. The number of oxazole rings is 1. The van der Waals surface area contributed by atoms with E-state index in [0.29, 0.717) is 33.4 Å². The monoisotopic (exact) mass is 463 g/mol. The third-order valence-corrected chi connectivity index (χ3v) is 6.29. The number of halogens is 1. The molecule has 0 aliphatic heterocycles. The molecule has 0 saturated heterocycles. The first-order chi connectivity index (χ1) is 14.7. The summed E-state index contributed by atoms with van der Waals surface area (Å²) in [7, 11) is -0.735. The number of ketones is 1. The predicted molar refractivity (Wildman–Crippen MR) is 117 cm³/mol. The lowest BCUT2D eigenvalue weighted by Gasteiger charge is -2.08. The Balaban J connectivity index is 1.73. The average Bonchev–Trinajstić information content (AvgIpc) is 3.07. The number of aryl methyl sites for hydroxylation is 1. The second-order valence-electron chi connectivity index (χ2n) is 6.96. The molecule has 0 bridgehead atoms. The Kier molecular flexibility index (Phi) is 7.02. The van der Waals surface area contributed by atoms with Gasteiger partial charge in [-0.2, -0.15) is 0 Å². The van der Waals surface area contributed by atoms with E-state index in [0.717, 1.165) is 0 Å². The molecule has 0 aliphatic carbocycles. The number of hydrogen-bond donors (Lipinski definition) is 0. The number of carbonyl (C=O) groups excluding carboxylic acids is 1. The Morgan fingerprint density at radius 1 is 1.13 bits per heavy atom. The third kappa shape index (κ3) is 5.86. The Labute approximate surface area is 185 Å². The number of hydrogen-bond acceptors (Lipinski definition) is 7. The zero-order valence-electron chi connectivity index (χ0n) is 17.3. The zero-order chi connectivity index (χ0) is 22.6. The van der Waals surface area contributed by atoms with Gasteiger partial charge in [0.25, 0.3) is 0 Å². The van der Waals surface area contributed by atoms with Gasteiger partial charge in [-0.15, -0.1) is 0 Å². The van der Waals surface area contributed by atoms with Crippen molar-refractivity contribution in [1.29, 1.82) is 0 Å². The Bertz CT molecular complexity index is 1200. The van der Waals surface area contributed by atoms with Crippen molar-refractivity contribution < 1.29 is 27.1 Å². The predicted octanol–water partition coefficient (Wildman–Crippen LogP) is 4.05. The zero-order valence-corrected chi connectivity index (χ0v) is 18.9. The molecule has 31 heavy (non-hydrogen) atoms. The van der Waals surface area contributed by atoms with Crippen molar-refractivity contribution in [2.24, 2.45) is 0 Å². The van der Waals surface area contributed by atoms with E-state index in [9.17, 15) is 13.2 Å². The minimum absolute atomic E-state index is 0.101. The van der Waals surface area contributed by atoms with Crippen LogP contribution in [0.1, 0.15) is 17.0 Å². The summed E-state index contributed by atoms with van der Waals surface area (Å²) in [5.74, 6) is 0.292. The van der Waals surface area contributed by atoms with E-state index < -0.39 is 27.1 Å². The molecule has 0 atom stereocenters. The molecular weight excluding hydrogens is 442 g/mol. The molecule has 7 nitrogen and oxygen atoms in total. The van der Waals surface area contributed by atoms with Gasteiger partial charge in [0.1, 0.15) is 23.0 Å². The van der Waals surface area contributed by atoms with Crippen molar-refractivity contribution in [2.45, 2.75) is 19.1 Å². The molecule has 0 aliphatic rings. The number of benzene rings is 2. The van der Waals surface area contributed by atoms with Gasteiger partial charge in [0.05, 0.1) is 25.7 Å². The van der Waals surface area contributed by atoms with Crippen LogP contribution in [0.4, 0.5) is 0 Å². The van der Waals surface area contributed by atoms with Gasteiger partial charge >= 0.3 is 0 Å². The van der Waals surface area contributed by atoms with Crippen molar-refractivity contribution in [3.8, 4) is 23.0 Å². The van der Waals surface area contributed by atoms with Crippen molar-refractivity contribution >= 4 is 27.2 Å². The maximum absolute atomic E-state index is 12.6. The first-order valence-electron chi connectivity index (χ1n) is 9.36. The van der Waals surface area contributed by atoms with Gasteiger partial charge in [0.15, 0.2) is 15.6 Å². The van der Waals surface area contributed by atoms with Gasteiger partial charge in [-0.3, -0.25) is 4.79 Å². The van der Waals surface area contributed by atoms with Gasteiger partial charge < -0.3 is 13.9 Å². The summed E-state index contributed by atoms with van der Waals surface area (Å²) in [5.41, 5.74) is 1.47. The average molecular weight is 464 g/mol. The molecule has 1 heterocycles. The molecule has 9 heteroatoms. The molecule has 0 amide bonds. The first-order valence-corrected chi connectivity index (χ1v) is 11.6. The number of sulfone groups is 1. The van der Waals surface area contributed by atoms with Crippen LogP contribution in [-0.2, 0) is 26.8 Å². The molecule has 0 spiro atoms. The van der Waals surface area contributed by atoms with Crippen LogP contribution in [0.5, 0.6) is 11.5 Å². The summed E-state index contributed by atoms with van der Waals surface area (Å²) in [5, 5.41) is 0.440. The Morgan fingerprint density at radius 2 is 1.90 bits per heavy atom. The van der Waals surface area contributed by atoms with Crippen LogP contribution in [0.2, 0.25) is 5.02 Å². The lowest BCUT2D eigenvalue weighted by Crippen LogP contribution is -2.20. The molecule has 164 valence electrons. The fourth-order valence-corrected chi connectivity index (χ4v) is 4.67. The van der Waals surface area contributed by atoms with Crippen LogP contribution in [0.3, 0.4) is 0 Å². The highest BCUT2D eigenvalue weighted by Crippen LogP contribution is 2.27. The molecule has 1 aromatic heterocycles. The number of Topliss-reactive ketones (excluding diaryl/α,β-unsaturated/α-hetero) is 1. The maximum atomic E-state index is 12.6. The fraction of sp³-hybridized carbons (Fsp3) is 0.273. The standard InChI is InChI=1S/C22H22ClNO6S/c1-14-20(24-22(30-14)15-5-4-6-19(11-15)28-2)13-31(26,27)12-18(25)10-16-9-17(23)7-8-21(16)29-3/h4-9,11H,10,12-13H2,1-3H3. The third-order valence-electron chi connectivity index (χ3n) is 4.58.